The Morgan fingerprint density at radius 1 is 1.42 bits per heavy atom. The van der Waals surface area contributed by atoms with Gasteiger partial charge in [-0.25, -0.2) is 4.39 Å². The first-order valence-corrected chi connectivity index (χ1v) is 7.59. The second-order valence-electron chi connectivity index (χ2n) is 4.05. The van der Waals surface area contributed by atoms with E-state index in [4.69, 9.17) is 0 Å². The van der Waals surface area contributed by atoms with Gasteiger partial charge in [0.1, 0.15) is 5.82 Å². The SMILES string of the molecule is CCC(NC(=O)c1cccc(Br)c1F)c1cccs1. The molecular formula is C14H13BrFNOS. The zero-order valence-corrected chi connectivity index (χ0v) is 12.7. The van der Waals surface area contributed by atoms with Gasteiger partial charge in [-0.05, 0) is 45.9 Å². The Morgan fingerprint density at radius 3 is 2.84 bits per heavy atom. The predicted octanol–water partition coefficient (Wildman–Crippen LogP) is 4.53. The van der Waals surface area contributed by atoms with Crippen molar-refractivity contribution in [2.45, 2.75) is 19.4 Å². The normalized spacial score (nSPS) is 12.2. The Kier molecular flexibility index (Phi) is 4.71. The minimum absolute atomic E-state index is 0.0596. The van der Waals surface area contributed by atoms with Gasteiger partial charge >= 0.3 is 0 Å². The molecule has 1 heterocycles. The molecule has 1 aromatic heterocycles. The van der Waals surface area contributed by atoms with Crippen molar-refractivity contribution in [3.8, 4) is 0 Å². The lowest BCUT2D eigenvalue weighted by Gasteiger charge is -2.16. The van der Waals surface area contributed by atoms with Gasteiger partial charge in [0, 0.05) is 4.88 Å². The van der Waals surface area contributed by atoms with Crippen LogP contribution in [0.1, 0.15) is 34.6 Å². The number of benzene rings is 1. The summed E-state index contributed by atoms with van der Waals surface area (Å²) in [6.45, 7) is 1.99. The lowest BCUT2D eigenvalue weighted by atomic mass is 10.1. The molecule has 1 atom stereocenters. The smallest absolute Gasteiger partial charge is 0.254 e. The van der Waals surface area contributed by atoms with E-state index < -0.39 is 5.82 Å². The number of carbonyl (C=O) groups is 1. The summed E-state index contributed by atoms with van der Waals surface area (Å²) in [4.78, 5) is 13.2. The molecule has 19 heavy (non-hydrogen) atoms. The van der Waals surface area contributed by atoms with Gasteiger partial charge < -0.3 is 5.32 Å². The van der Waals surface area contributed by atoms with E-state index in [2.05, 4.69) is 21.2 Å². The van der Waals surface area contributed by atoms with E-state index in [1.54, 1.807) is 23.5 Å². The number of halogens is 2. The maximum Gasteiger partial charge on any atom is 0.254 e. The van der Waals surface area contributed by atoms with E-state index in [-0.39, 0.29) is 17.5 Å². The van der Waals surface area contributed by atoms with Crippen LogP contribution in [-0.2, 0) is 0 Å². The third kappa shape index (κ3) is 3.22. The van der Waals surface area contributed by atoms with Gasteiger partial charge in [0.2, 0.25) is 0 Å². The number of thiophene rings is 1. The summed E-state index contributed by atoms with van der Waals surface area (Å²) in [6, 6.07) is 8.53. The maximum absolute atomic E-state index is 13.8. The van der Waals surface area contributed by atoms with Gasteiger partial charge in [-0.2, -0.15) is 0 Å². The average Bonchev–Trinajstić information content (AvgIpc) is 2.92. The average molecular weight is 342 g/mol. The van der Waals surface area contributed by atoms with Crippen molar-refractivity contribution in [1.29, 1.82) is 0 Å². The molecule has 5 heteroatoms. The molecule has 1 aromatic carbocycles. The quantitative estimate of drug-likeness (QED) is 0.869. The van der Waals surface area contributed by atoms with E-state index in [1.165, 1.54) is 6.07 Å². The van der Waals surface area contributed by atoms with E-state index >= 15 is 0 Å². The number of rotatable bonds is 4. The van der Waals surface area contributed by atoms with Crippen LogP contribution >= 0.6 is 27.3 Å². The van der Waals surface area contributed by atoms with Gasteiger partial charge in [-0.1, -0.05) is 19.1 Å². The van der Waals surface area contributed by atoms with Crippen LogP contribution in [0, 0.1) is 5.82 Å². The lowest BCUT2D eigenvalue weighted by molar-refractivity contribution is 0.0932. The molecular weight excluding hydrogens is 329 g/mol. The molecule has 0 aliphatic rings. The summed E-state index contributed by atoms with van der Waals surface area (Å²) < 4.78 is 14.1. The van der Waals surface area contributed by atoms with Crippen LogP contribution in [0.25, 0.3) is 0 Å². The van der Waals surface area contributed by atoms with E-state index in [0.717, 1.165) is 11.3 Å². The number of carbonyl (C=O) groups excluding carboxylic acids is 1. The van der Waals surface area contributed by atoms with Gasteiger partial charge in [0.15, 0.2) is 0 Å². The first kappa shape index (κ1) is 14.2. The van der Waals surface area contributed by atoms with Crippen LogP contribution in [0.5, 0.6) is 0 Å². The van der Waals surface area contributed by atoms with Gasteiger partial charge in [-0.15, -0.1) is 11.3 Å². The van der Waals surface area contributed by atoms with Crippen molar-refractivity contribution >= 4 is 33.2 Å². The van der Waals surface area contributed by atoms with Crippen LogP contribution in [0.3, 0.4) is 0 Å². The Labute approximate surface area is 123 Å². The third-order valence-electron chi connectivity index (χ3n) is 2.80. The zero-order valence-electron chi connectivity index (χ0n) is 10.3. The van der Waals surface area contributed by atoms with Gasteiger partial charge in [0.05, 0.1) is 16.1 Å². The van der Waals surface area contributed by atoms with Crippen LogP contribution < -0.4 is 5.32 Å². The zero-order chi connectivity index (χ0) is 13.8. The highest BCUT2D eigenvalue weighted by atomic mass is 79.9. The van der Waals surface area contributed by atoms with Crippen molar-refractivity contribution in [3.05, 3.63) is 56.4 Å². The molecule has 1 N–H and O–H groups in total. The fraction of sp³-hybridized carbons (Fsp3) is 0.214. The van der Waals surface area contributed by atoms with E-state index in [9.17, 15) is 9.18 Å². The van der Waals surface area contributed by atoms with Crippen LogP contribution in [-0.4, -0.2) is 5.91 Å². The summed E-state index contributed by atoms with van der Waals surface area (Å²) in [6.07, 6.45) is 0.766. The molecule has 1 amide bonds. The van der Waals surface area contributed by atoms with Crippen LogP contribution in [0.15, 0.2) is 40.2 Å². The third-order valence-corrected chi connectivity index (χ3v) is 4.39. The van der Waals surface area contributed by atoms with Crippen molar-refractivity contribution in [1.82, 2.24) is 5.32 Å². The Hall–Kier alpha value is -1.20. The highest BCUT2D eigenvalue weighted by Gasteiger charge is 2.18. The molecule has 0 radical (unpaired) electrons. The topological polar surface area (TPSA) is 29.1 Å². The molecule has 2 rings (SSSR count). The fourth-order valence-corrected chi connectivity index (χ4v) is 3.01. The first-order valence-electron chi connectivity index (χ1n) is 5.91. The highest BCUT2D eigenvalue weighted by molar-refractivity contribution is 9.10. The van der Waals surface area contributed by atoms with Crippen molar-refractivity contribution in [2.24, 2.45) is 0 Å². The van der Waals surface area contributed by atoms with Crippen LogP contribution in [0.4, 0.5) is 4.39 Å². The van der Waals surface area contributed by atoms with Crippen molar-refractivity contribution < 1.29 is 9.18 Å². The molecule has 0 aliphatic heterocycles. The van der Waals surface area contributed by atoms with Gasteiger partial charge in [-0.3, -0.25) is 4.79 Å². The molecule has 0 bridgehead atoms. The summed E-state index contributed by atoms with van der Waals surface area (Å²) in [5, 5.41) is 4.83. The van der Waals surface area contributed by atoms with E-state index in [1.807, 2.05) is 24.4 Å². The molecule has 0 fully saturated rings. The predicted molar refractivity (Wildman–Crippen MR) is 78.9 cm³/mol. The largest absolute Gasteiger partial charge is 0.344 e. The number of hydrogen-bond acceptors (Lipinski definition) is 2. The maximum atomic E-state index is 13.8. The molecule has 1 unspecified atom stereocenters. The lowest BCUT2D eigenvalue weighted by Crippen LogP contribution is -2.28. The summed E-state index contributed by atoms with van der Waals surface area (Å²) in [7, 11) is 0. The number of hydrogen-bond donors (Lipinski definition) is 1. The fourth-order valence-electron chi connectivity index (χ4n) is 1.78. The number of nitrogens with one attached hydrogen (secondary N) is 1. The molecule has 0 spiro atoms. The minimum Gasteiger partial charge on any atom is -0.344 e. The summed E-state index contributed by atoms with van der Waals surface area (Å²) >= 11 is 4.67. The molecule has 0 saturated heterocycles. The second-order valence-corrected chi connectivity index (χ2v) is 5.88. The second kappa shape index (κ2) is 6.30. The summed E-state index contributed by atoms with van der Waals surface area (Å²) in [5.41, 5.74) is 0.0596. The Bertz CT molecular complexity index is 571. The monoisotopic (exact) mass is 341 g/mol. The Morgan fingerprint density at radius 2 is 2.21 bits per heavy atom. The van der Waals surface area contributed by atoms with Gasteiger partial charge in [0.25, 0.3) is 5.91 Å². The molecule has 2 aromatic rings. The molecule has 0 saturated carbocycles. The molecule has 0 aliphatic carbocycles. The molecule has 100 valence electrons. The standard InChI is InChI=1S/C14H13BrFNOS/c1-2-11(12-7-4-8-19-12)17-14(18)9-5-3-6-10(15)13(9)16/h3-8,11H,2H2,1H3,(H,17,18). The highest BCUT2D eigenvalue weighted by Crippen LogP contribution is 2.23. The van der Waals surface area contributed by atoms with Crippen molar-refractivity contribution in [3.63, 3.8) is 0 Å². The van der Waals surface area contributed by atoms with E-state index in [0.29, 0.717) is 4.47 Å². The Balaban J connectivity index is 2.18. The molecule has 2 nitrogen and oxygen atoms in total. The van der Waals surface area contributed by atoms with Crippen LogP contribution in [0.2, 0.25) is 0 Å². The first-order chi connectivity index (χ1) is 9.13. The minimum atomic E-state index is -0.527. The summed E-state index contributed by atoms with van der Waals surface area (Å²) in [5.74, 6) is -0.917. The number of amides is 1. The van der Waals surface area contributed by atoms with Crippen molar-refractivity contribution in [2.75, 3.05) is 0 Å².